The zero-order chi connectivity index (χ0) is 9.26. The van der Waals surface area contributed by atoms with Gasteiger partial charge in [0.2, 0.25) is 0 Å². The Morgan fingerprint density at radius 1 is 1.23 bits per heavy atom. The Balaban J connectivity index is 1.77. The van der Waals surface area contributed by atoms with Crippen LogP contribution in [-0.2, 0) is 0 Å². The molecule has 2 saturated heterocycles. The van der Waals surface area contributed by atoms with Crippen molar-refractivity contribution < 1.29 is 0 Å². The number of likely N-dealkylation sites (tertiary alicyclic amines) is 2. The molecule has 0 aromatic carbocycles. The molecule has 2 aliphatic heterocycles. The quantitative estimate of drug-likeness (QED) is 0.674. The molecule has 0 aromatic rings. The highest BCUT2D eigenvalue weighted by Crippen LogP contribution is 2.21. The second-order valence-corrected chi connectivity index (χ2v) is 4.45. The molecular formula is C10H21N3. The molecule has 2 fully saturated rings. The van der Waals surface area contributed by atoms with Gasteiger partial charge >= 0.3 is 0 Å². The van der Waals surface area contributed by atoms with Gasteiger partial charge in [0.05, 0.1) is 0 Å². The molecule has 3 nitrogen and oxygen atoms in total. The number of nitrogens with two attached hydrogens (primary N) is 1. The van der Waals surface area contributed by atoms with Gasteiger partial charge in [-0.05, 0) is 32.9 Å². The normalized spacial score (nSPS) is 36.5. The third kappa shape index (κ3) is 1.87. The van der Waals surface area contributed by atoms with Gasteiger partial charge in [0.15, 0.2) is 0 Å². The van der Waals surface area contributed by atoms with Gasteiger partial charge in [0.25, 0.3) is 0 Å². The van der Waals surface area contributed by atoms with Gasteiger partial charge in [-0.15, -0.1) is 0 Å². The van der Waals surface area contributed by atoms with E-state index in [1.807, 2.05) is 0 Å². The molecule has 2 unspecified atom stereocenters. The molecule has 0 aliphatic carbocycles. The molecule has 2 aliphatic rings. The van der Waals surface area contributed by atoms with Crippen LogP contribution >= 0.6 is 0 Å². The van der Waals surface area contributed by atoms with Crippen LogP contribution in [0.25, 0.3) is 0 Å². The van der Waals surface area contributed by atoms with Gasteiger partial charge in [-0.25, -0.2) is 0 Å². The van der Waals surface area contributed by atoms with Crippen LogP contribution in [0.1, 0.15) is 19.3 Å². The highest BCUT2D eigenvalue weighted by molar-refractivity contribution is 4.88. The van der Waals surface area contributed by atoms with E-state index < -0.39 is 0 Å². The highest BCUT2D eigenvalue weighted by Gasteiger charge is 2.31. The minimum Gasteiger partial charge on any atom is -0.329 e. The summed E-state index contributed by atoms with van der Waals surface area (Å²) >= 11 is 0. The summed E-state index contributed by atoms with van der Waals surface area (Å²) in [5, 5.41) is 0. The average molecular weight is 183 g/mol. The van der Waals surface area contributed by atoms with Gasteiger partial charge in [-0.1, -0.05) is 0 Å². The first-order valence-corrected chi connectivity index (χ1v) is 5.45. The third-order valence-corrected chi connectivity index (χ3v) is 3.65. The molecule has 76 valence electrons. The van der Waals surface area contributed by atoms with Crippen LogP contribution in [0.5, 0.6) is 0 Å². The summed E-state index contributed by atoms with van der Waals surface area (Å²) in [4.78, 5) is 5.04. The molecule has 0 saturated carbocycles. The number of rotatable bonds is 3. The van der Waals surface area contributed by atoms with Gasteiger partial charge in [-0.3, -0.25) is 4.90 Å². The predicted octanol–water partition coefficient (Wildman–Crippen LogP) is 0.114. The van der Waals surface area contributed by atoms with Crippen LogP contribution < -0.4 is 5.73 Å². The molecule has 0 spiro atoms. The standard InChI is InChI=1S/C10H21N3/c1-12-5-2-3-10(12)8-13-6-4-9(13)7-11/h9-10H,2-8,11H2,1H3. The van der Waals surface area contributed by atoms with E-state index in [0.717, 1.165) is 12.6 Å². The first-order chi connectivity index (χ1) is 6.31. The van der Waals surface area contributed by atoms with Gasteiger partial charge < -0.3 is 10.6 Å². The molecule has 13 heavy (non-hydrogen) atoms. The zero-order valence-electron chi connectivity index (χ0n) is 8.58. The maximum Gasteiger partial charge on any atom is 0.0231 e. The van der Waals surface area contributed by atoms with Gasteiger partial charge in [-0.2, -0.15) is 0 Å². The van der Waals surface area contributed by atoms with Crippen LogP contribution in [0, 0.1) is 0 Å². The number of hydrogen-bond donors (Lipinski definition) is 1. The van der Waals surface area contributed by atoms with Crippen LogP contribution in [0.3, 0.4) is 0 Å². The zero-order valence-corrected chi connectivity index (χ0v) is 8.58. The Kier molecular flexibility index (Phi) is 2.86. The largest absolute Gasteiger partial charge is 0.329 e. The van der Waals surface area contributed by atoms with Gasteiger partial charge in [0, 0.05) is 31.7 Å². The van der Waals surface area contributed by atoms with E-state index >= 15 is 0 Å². The first-order valence-electron chi connectivity index (χ1n) is 5.45. The van der Waals surface area contributed by atoms with Crippen molar-refractivity contribution in [3.63, 3.8) is 0 Å². The van der Waals surface area contributed by atoms with Crippen molar-refractivity contribution in [2.24, 2.45) is 5.73 Å². The van der Waals surface area contributed by atoms with E-state index in [4.69, 9.17) is 5.73 Å². The molecule has 2 N–H and O–H groups in total. The summed E-state index contributed by atoms with van der Waals surface area (Å²) in [6, 6.07) is 1.49. The lowest BCUT2D eigenvalue weighted by Crippen LogP contribution is -2.55. The lowest BCUT2D eigenvalue weighted by molar-refractivity contribution is 0.0691. The van der Waals surface area contributed by atoms with Crippen molar-refractivity contribution in [1.29, 1.82) is 0 Å². The van der Waals surface area contributed by atoms with E-state index in [-0.39, 0.29) is 0 Å². The highest BCUT2D eigenvalue weighted by atomic mass is 15.3. The molecule has 0 radical (unpaired) electrons. The first kappa shape index (κ1) is 9.44. The summed E-state index contributed by atoms with van der Waals surface area (Å²) in [6.45, 7) is 4.65. The topological polar surface area (TPSA) is 32.5 Å². The van der Waals surface area contributed by atoms with Crippen molar-refractivity contribution in [3.05, 3.63) is 0 Å². The molecular weight excluding hydrogens is 162 g/mol. The molecule has 2 heterocycles. The molecule has 2 atom stereocenters. The van der Waals surface area contributed by atoms with Crippen molar-refractivity contribution in [3.8, 4) is 0 Å². The van der Waals surface area contributed by atoms with Crippen LogP contribution in [0.2, 0.25) is 0 Å². The monoisotopic (exact) mass is 183 g/mol. The second kappa shape index (κ2) is 3.95. The predicted molar refractivity (Wildman–Crippen MR) is 54.7 cm³/mol. The van der Waals surface area contributed by atoms with Crippen LogP contribution in [0.15, 0.2) is 0 Å². The smallest absolute Gasteiger partial charge is 0.0231 e. The van der Waals surface area contributed by atoms with Crippen molar-refractivity contribution >= 4 is 0 Å². The molecule has 0 bridgehead atoms. The molecule has 0 aromatic heterocycles. The Morgan fingerprint density at radius 3 is 2.54 bits per heavy atom. The number of nitrogens with zero attached hydrogens (tertiary/aromatic N) is 2. The van der Waals surface area contributed by atoms with Gasteiger partial charge in [0.1, 0.15) is 0 Å². The maximum absolute atomic E-state index is 5.68. The summed E-state index contributed by atoms with van der Waals surface area (Å²) in [5.74, 6) is 0. The molecule has 0 amide bonds. The lowest BCUT2D eigenvalue weighted by Gasteiger charge is -2.42. The Labute approximate surface area is 80.9 Å². The van der Waals surface area contributed by atoms with Crippen LogP contribution in [-0.4, -0.2) is 55.1 Å². The summed E-state index contributed by atoms with van der Waals surface area (Å²) in [5.41, 5.74) is 5.68. The number of likely N-dealkylation sites (N-methyl/N-ethyl adjacent to an activating group) is 1. The van der Waals surface area contributed by atoms with E-state index in [2.05, 4.69) is 16.8 Å². The Morgan fingerprint density at radius 2 is 2.08 bits per heavy atom. The van der Waals surface area contributed by atoms with Crippen LogP contribution in [0.4, 0.5) is 0 Å². The van der Waals surface area contributed by atoms with E-state index in [1.165, 1.54) is 38.9 Å². The third-order valence-electron chi connectivity index (χ3n) is 3.65. The van der Waals surface area contributed by atoms with Crippen molar-refractivity contribution in [2.75, 3.05) is 33.2 Å². The maximum atomic E-state index is 5.68. The Bertz CT molecular complexity index is 170. The lowest BCUT2D eigenvalue weighted by atomic mass is 10.0. The fraction of sp³-hybridized carbons (Fsp3) is 1.00. The summed E-state index contributed by atoms with van der Waals surface area (Å²) < 4.78 is 0. The minimum atomic E-state index is 0.689. The summed E-state index contributed by atoms with van der Waals surface area (Å²) in [6.07, 6.45) is 4.07. The van der Waals surface area contributed by atoms with E-state index in [9.17, 15) is 0 Å². The SMILES string of the molecule is CN1CCCC1CN1CCC1CN. The summed E-state index contributed by atoms with van der Waals surface area (Å²) in [7, 11) is 2.24. The van der Waals surface area contributed by atoms with E-state index in [0.29, 0.717) is 6.04 Å². The number of hydrogen-bond acceptors (Lipinski definition) is 3. The fourth-order valence-electron chi connectivity index (χ4n) is 2.48. The van der Waals surface area contributed by atoms with Crippen molar-refractivity contribution in [2.45, 2.75) is 31.3 Å². The average Bonchev–Trinajstić information content (AvgIpc) is 2.46. The Hall–Kier alpha value is -0.120. The molecule has 3 heteroatoms. The van der Waals surface area contributed by atoms with Crippen molar-refractivity contribution in [1.82, 2.24) is 9.80 Å². The minimum absolute atomic E-state index is 0.689. The van der Waals surface area contributed by atoms with E-state index in [1.54, 1.807) is 0 Å². The fourth-order valence-corrected chi connectivity index (χ4v) is 2.48. The second-order valence-electron chi connectivity index (χ2n) is 4.45. The molecule has 2 rings (SSSR count).